The lowest BCUT2D eigenvalue weighted by molar-refractivity contribution is -0.119. The van der Waals surface area contributed by atoms with E-state index in [1.165, 1.54) is 0 Å². The summed E-state index contributed by atoms with van der Waals surface area (Å²) in [6.07, 6.45) is 8.03. The van der Waals surface area contributed by atoms with Crippen LogP contribution >= 0.6 is 23.2 Å². The molecule has 2 aliphatic heterocycles. The lowest BCUT2D eigenvalue weighted by Gasteiger charge is -2.26. The third-order valence-electron chi connectivity index (χ3n) is 9.33. The molecule has 0 aliphatic carbocycles. The molecule has 1 fully saturated rings. The van der Waals surface area contributed by atoms with Gasteiger partial charge in [-0.15, -0.1) is 0 Å². The summed E-state index contributed by atoms with van der Waals surface area (Å²) in [6, 6.07) is 11.0. The zero-order valence-electron chi connectivity index (χ0n) is 28.2. The Balaban J connectivity index is 1.06. The van der Waals surface area contributed by atoms with Crippen LogP contribution in [-0.2, 0) is 37.8 Å². The quantitative estimate of drug-likeness (QED) is 0.159. The minimum Gasteiger partial charge on any atom is -0.481 e. The number of halogens is 2. The van der Waals surface area contributed by atoms with Crippen LogP contribution in [0.25, 0.3) is 22.5 Å². The van der Waals surface area contributed by atoms with Crippen molar-refractivity contribution < 1.29 is 18.8 Å². The standard InChI is InChI=1S/C36H37Cl2N9O4/c1-46-29-12-15-47(14-11-21-16-41-51-20-21)19-28(29)43-34(46)35(49)44-27-5-3-4-25(31(27)37)33-32(38)24(10-13-40-33)26-8-6-22(36(45-26)50-2)17-39-18-23-7-9-30(48)42-23/h3-6,8,10,13,16,20,23,39H,7,9,11-12,14-15,17-19H2,1-2H3,(H,42,48)(H,44,49). The fourth-order valence-corrected chi connectivity index (χ4v) is 7.15. The van der Waals surface area contributed by atoms with E-state index in [0.29, 0.717) is 76.0 Å². The first-order valence-electron chi connectivity index (χ1n) is 16.7. The summed E-state index contributed by atoms with van der Waals surface area (Å²) >= 11 is 13.9. The maximum Gasteiger partial charge on any atom is 0.291 e. The van der Waals surface area contributed by atoms with E-state index in [4.69, 9.17) is 42.4 Å². The Morgan fingerprint density at radius 1 is 1.12 bits per heavy atom. The molecule has 1 saturated heterocycles. The first-order valence-corrected chi connectivity index (χ1v) is 17.5. The second-order valence-corrected chi connectivity index (χ2v) is 13.4. The normalized spacial score (nSPS) is 15.8. The number of rotatable bonds is 12. The number of anilines is 1. The molecule has 2 aliphatic rings. The number of amides is 2. The van der Waals surface area contributed by atoms with Crippen molar-refractivity contribution >= 4 is 40.7 Å². The van der Waals surface area contributed by atoms with E-state index in [2.05, 4.69) is 31.0 Å². The van der Waals surface area contributed by atoms with Gasteiger partial charge in [0.2, 0.25) is 11.8 Å². The van der Waals surface area contributed by atoms with E-state index in [1.54, 1.807) is 50.0 Å². The zero-order valence-corrected chi connectivity index (χ0v) is 29.7. The Kier molecular flexibility index (Phi) is 10.3. The third-order valence-corrected chi connectivity index (χ3v) is 10.1. The first-order chi connectivity index (χ1) is 24.8. The molecule has 1 aromatic carbocycles. The van der Waals surface area contributed by atoms with Gasteiger partial charge in [0, 0.05) is 92.8 Å². The van der Waals surface area contributed by atoms with Crippen molar-refractivity contribution in [2.75, 3.05) is 32.1 Å². The Morgan fingerprint density at radius 3 is 2.78 bits per heavy atom. The van der Waals surface area contributed by atoms with Crippen LogP contribution in [0.2, 0.25) is 10.0 Å². The molecule has 264 valence electrons. The van der Waals surface area contributed by atoms with Gasteiger partial charge in [0.1, 0.15) is 6.26 Å². The third kappa shape index (κ3) is 7.47. The molecule has 0 bridgehead atoms. The number of pyridine rings is 2. The number of hydrogen-bond donors (Lipinski definition) is 3. The fourth-order valence-electron chi connectivity index (χ4n) is 6.57. The summed E-state index contributed by atoms with van der Waals surface area (Å²) < 4.78 is 12.4. The number of imidazole rings is 1. The number of nitrogens with one attached hydrogen (secondary N) is 3. The minimum absolute atomic E-state index is 0.0865. The summed E-state index contributed by atoms with van der Waals surface area (Å²) in [5, 5.41) is 13.7. The van der Waals surface area contributed by atoms with Gasteiger partial charge in [0.15, 0.2) is 5.82 Å². The van der Waals surface area contributed by atoms with Crippen LogP contribution in [0.3, 0.4) is 0 Å². The number of hydrogen-bond acceptors (Lipinski definition) is 10. The predicted octanol–water partition coefficient (Wildman–Crippen LogP) is 5.07. The van der Waals surface area contributed by atoms with Crippen LogP contribution in [0.5, 0.6) is 5.88 Å². The summed E-state index contributed by atoms with van der Waals surface area (Å²) in [4.78, 5) is 41.4. The number of aromatic nitrogens is 5. The number of carbonyl (C=O) groups is 2. The maximum absolute atomic E-state index is 13.6. The van der Waals surface area contributed by atoms with Gasteiger partial charge in [-0.05, 0) is 31.0 Å². The Labute approximate surface area is 304 Å². The van der Waals surface area contributed by atoms with Crippen LogP contribution in [0.15, 0.2) is 59.6 Å². The highest BCUT2D eigenvalue weighted by Crippen LogP contribution is 2.40. The molecule has 51 heavy (non-hydrogen) atoms. The van der Waals surface area contributed by atoms with E-state index < -0.39 is 0 Å². The highest BCUT2D eigenvalue weighted by molar-refractivity contribution is 6.39. The van der Waals surface area contributed by atoms with Crippen LogP contribution in [0.4, 0.5) is 5.69 Å². The maximum atomic E-state index is 13.6. The fraction of sp³-hybridized carbons (Fsp3) is 0.333. The number of methoxy groups -OCH3 is 1. The van der Waals surface area contributed by atoms with Gasteiger partial charge in [-0.1, -0.05) is 46.6 Å². The summed E-state index contributed by atoms with van der Waals surface area (Å²) in [5.74, 6) is 0.490. The number of nitrogens with zero attached hydrogens (tertiary/aromatic N) is 6. The molecule has 4 aromatic heterocycles. The van der Waals surface area contributed by atoms with Crippen LogP contribution in [-0.4, -0.2) is 74.2 Å². The van der Waals surface area contributed by atoms with Crippen LogP contribution in [0, 0.1) is 0 Å². The molecule has 13 nitrogen and oxygen atoms in total. The van der Waals surface area contributed by atoms with Crippen molar-refractivity contribution in [3.05, 3.63) is 93.4 Å². The van der Waals surface area contributed by atoms with Crippen molar-refractivity contribution in [3.8, 4) is 28.4 Å². The highest BCUT2D eigenvalue weighted by atomic mass is 35.5. The molecule has 5 aromatic rings. The summed E-state index contributed by atoms with van der Waals surface area (Å²) in [6.45, 7) is 3.54. The van der Waals surface area contributed by atoms with Gasteiger partial charge < -0.3 is 29.8 Å². The number of ether oxygens (including phenoxy) is 1. The first kappa shape index (κ1) is 34.6. The molecule has 3 N–H and O–H groups in total. The van der Waals surface area contributed by atoms with E-state index in [-0.39, 0.29) is 17.9 Å². The van der Waals surface area contributed by atoms with E-state index >= 15 is 0 Å². The summed E-state index contributed by atoms with van der Waals surface area (Å²) in [7, 11) is 3.44. The largest absolute Gasteiger partial charge is 0.481 e. The van der Waals surface area contributed by atoms with Gasteiger partial charge >= 0.3 is 0 Å². The Bertz CT molecular complexity index is 2070. The molecule has 0 radical (unpaired) electrons. The van der Waals surface area contributed by atoms with Gasteiger partial charge in [-0.3, -0.25) is 19.5 Å². The molecular weight excluding hydrogens is 693 g/mol. The molecule has 0 saturated carbocycles. The van der Waals surface area contributed by atoms with Crippen molar-refractivity contribution in [3.63, 3.8) is 0 Å². The number of carbonyl (C=O) groups excluding carboxylic acids is 2. The average molecular weight is 731 g/mol. The molecule has 15 heteroatoms. The second kappa shape index (κ2) is 15.2. The number of benzene rings is 1. The molecule has 2 amide bonds. The van der Waals surface area contributed by atoms with Gasteiger partial charge in [-0.25, -0.2) is 9.97 Å². The average Bonchev–Trinajstić information content (AvgIpc) is 3.89. The molecule has 1 atom stereocenters. The Morgan fingerprint density at radius 2 is 2.00 bits per heavy atom. The monoisotopic (exact) mass is 729 g/mol. The summed E-state index contributed by atoms with van der Waals surface area (Å²) in [5.41, 5.74) is 6.51. The van der Waals surface area contributed by atoms with Gasteiger partial charge in [0.05, 0.1) is 46.1 Å². The SMILES string of the molecule is COc1nc(-c2ccnc(-c3cccc(NC(=O)c4nc5c(n4C)CCN(CCc4cnoc4)C5)c3Cl)c2Cl)ccc1CNCC1CCC(=O)N1. The predicted molar refractivity (Wildman–Crippen MR) is 193 cm³/mol. The van der Waals surface area contributed by atoms with Gasteiger partial charge in [0.25, 0.3) is 5.91 Å². The highest BCUT2D eigenvalue weighted by Gasteiger charge is 2.26. The smallest absolute Gasteiger partial charge is 0.291 e. The van der Waals surface area contributed by atoms with Crippen molar-refractivity contribution in [1.82, 2.24) is 40.2 Å². The molecular formula is C36H37Cl2N9O4. The molecule has 6 heterocycles. The van der Waals surface area contributed by atoms with E-state index in [9.17, 15) is 9.59 Å². The topological polar surface area (TPSA) is 152 Å². The van der Waals surface area contributed by atoms with Crippen molar-refractivity contribution in [1.29, 1.82) is 0 Å². The van der Waals surface area contributed by atoms with Crippen LogP contribution in [0.1, 0.15) is 46.0 Å². The second-order valence-electron chi connectivity index (χ2n) is 12.6. The molecule has 7 rings (SSSR count). The van der Waals surface area contributed by atoms with E-state index in [0.717, 1.165) is 54.9 Å². The number of fused-ring (bicyclic) bond motifs is 1. The lowest BCUT2D eigenvalue weighted by Crippen LogP contribution is -2.35. The van der Waals surface area contributed by atoms with Crippen LogP contribution < -0.4 is 20.7 Å². The van der Waals surface area contributed by atoms with Gasteiger partial charge in [-0.2, -0.15) is 0 Å². The van der Waals surface area contributed by atoms with Crippen molar-refractivity contribution in [2.24, 2.45) is 7.05 Å². The lowest BCUT2D eigenvalue weighted by atomic mass is 10.1. The molecule has 0 spiro atoms. The van der Waals surface area contributed by atoms with Crippen molar-refractivity contribution in [2.45, 2.75) is 44.8 Å². The zero-order chi connectivity index (χ0) is 35.5. The van der Waals surface area contributed by atoms with E-state index in [1.807, 2.05) is 23.7 Å². The minimum atomic E-state index is -0.367. The Hall–Kier alpha value is -4.82. The molecule has 1 unspecified atom stereocenters.